The van der Waals surface area contributed by atoms with E-state index in [1.165, 1.54) is 35.0 Å². The Kier molecular flexibility index (Phi) is 4.08. The first-order valence-corrected chi connectivity index (χ1v) is 9.17. The summed E-state index contributed by atoms with van der Waals surface area (Å²) < 4.78 is 0. The zero-order valence-electron chi connectivity index (χ0n) is 14.9. The first kappa shape index (κ1) is 15.9. The highest BCUT2D eigenvalue weighted by Gasteiger charge is 2.19. The molecule has 0 bridgehead atoms. The molecule has 128 valence electrons. The van der Waals surface area contributed by atoms with Crippen LogP contribution in [-0.2, 0) is 12.8 Å². The monoisotopic (exact) mass is 332 g/mol. The van der Waals surface area contributed by atoms with Gasteiger partial charge in [0.15, 0.2) is 0 Å². The molecule has 1 aromatic heterocycles. The third-order valence-electron chi connectivity index (χ3n) is 5.21. The maximum Gasteiger partial charge on any atom is 0.257 e. The summed E-state index contributed by atoms with van der Waals surface area (Å²) in [5, 5.41) is 4.24. The number of hydrogen-bond donors (Lipinski definition) is 2. The van der Waals surface area contributed by atoms with Crippen LogP contribution >= 0.6 is 0 Å². The Bertz CT molecular complexity index is 919. The van der Waals surface area contributed by atoms with Crippen molar-refractivity contribution in [1.29, 1.82) is 0 Å². The summed E-state index contributed by atoms with van der Waals surface area (Å²) >= 11 is 0. The largest absolute Gasteiger partial charge is 0.358 e. The van der Waals surface area contributed by atoms with Gasteiger partial charge in [-0.3, -0.25) is 4.79 Å². The summed E-state index contributed by atoms with van der Waals surface area (Å²) in [6, 6.07) is 14.1. The zero-order valence-corrected chi connectivity index (χ0v) is 14.9. The van der Waals surface area contributed by atoms with Crippen LogP contribution in [0.2, 0.25) is 0 Å². The molecule has 2 N–H and O–H groups in total. The van der Waals surface area contributed by atoms with Gasteiger partial charge in [0.1, 0.15) is 0 Å². The van der Waals surface area contributed by atoms with E-state index in [0.29, 0.717) is 5.92 Å². The number of benzene rings is 2. The fourth-order valence-electron chi connectivity index (χ4n) is 3.77. The predicted molar refractivity (Wildman–Crippen MR) is 103 cm³/mol. The summed E-state index contributed by atoms with van der Waals surface area (Å²) in [5.41, 5.74) is 6.52. The molecular formula is C22H24N2O. The second-order valence-corrected chi connectivity index (χ2v) is 7.25. The second kappa shape index (κ2) is 6.40. The molecule has 25 heavy (non-hydrogen) atoms. The van der Waals surface area contributed by atoms with Gasteiger partial charge < -0.3 is 10.3 Å². The number of fused-ring (bicyclic) bond motifs is 3. The van der Waals surface area contributed by atoms with Crippen molar-refractivity contribution >= 4 is 22.5 Å². The molecule has 0 saturated heterocycles. The van der Waals surface area contributed by atoms with Gasteiger partial charge in [-0.2, -0.15) is 0 Å². The lowest BCUT2D eigenvalue weighted by Crippen LogP contribution is -2.12. The number of aryl methyl sites for hydroxylation is 2. The third-order valence-corrected chi connectivity index (χ3v) is 5.21. The van der Waals surface area contributed by atoms with Gasteiger partial charge in [0.2, 0.25) is 0 Å². The molecule has 1 heterocycles. The highest BCUT2D eigenvalue weighted by atomic mass is 16.1. The van der Waals surface area contributed by atoms with Crippen molar-refractivity contribution in [2.75, 3.05) is 5.32 Å². The van der Waals surface area contributed by atoms with E-state index in [1.807, 2.05) is 24.3 Å². The molecule has 0 fully saturated rings. The van der Waals surface area contributed by atoms with Gasteiger partial charge >= 0.3 is 0 Å². The van der Waals surface area contributed by atoms with Gasteiger partial charge in [0.05, 0.1) is 11.1 Å². The summed E-state index contributed by atoms with van der Waals surface area (Å²) in [4.78, 5) is 16.3. The minimum atomic E-state index is -0.0542. The number of amides is 1. The number of anilines is 1. The van der Waals surface area contributed by atoms with E-state index >= 15 is 0 Å². The van der Waals surface area contributed by atoms with Crippen LogP contribution < -0.4 is 5.32 Å². The van der Waals surface area contributed by atoms with E-state index in [1.54, 1.807) is 0 Å². The summed E-state index contributed by atoms with van der Waals surface area (Å²) in [6.07, 6.45) is 4.65. The van der Waals surface area contributed by atoms with Gasteiger partial charge in [0, 0.05) is 16.8 Å². The van der Waals surface area contributed by atoms with Crippen molar-refractivity contribution in [1.82, 2.24) is 4.98 Å². The maximum absolute atomic E-state index is 12.8. The van der Waals surface area contributed by atoms with E-state index in [9.17, 15) is 4.79 Å². The van der Waals surface area contributed by atoms with E-state index in [4.69, 9.17) is 0 Å². The Morgan fingerprint density at radius 1 is 1.04 bits per heavy atom. The molecule has 0 aliphatic heterocycles. The minimum absolute atomic E-state index is 0.0542. The van der Waals surface area contributed by atoms with E-state index in [0.717, 1.165) is 29.6 Å². The third kappa shape index (κ3) is 2.95. The molecule has 4 rings (SSSR count). The average Bonchev–Trinajstić information content (AvgIpc) is 3.00. The van der Waals surface area contributed by atoms with Crippen LogP contribution in [0.1, 0.15) is 59.8 Å². The summed E-state index contributed by atoms with van der Waals surface area (Å²) in [7, 11) is 0. The number of rotatable bonds is 3. The standard InChI is InChI=1S/C22H24N2O/c1-14(2)15-10-12-16(13-11-15)23-22(25)19-8-5-7-18-17-6-3-4-9-20(17)24-21(18)19/h5,7-8,10-14,24H,3-4,6,9H2,1-2H3,(H,23,25). The maximum atomic E-state index is 12.8. The first-order chi connectivity index (χ1) is 12.1. The Morgan fingerprint density at radius 3 is 2.56 bits per heavy atom. The number of carbonyl (C=O) groups excluding carboxylic acids is 1. The van der Waals surface area contributed by atoms with Crippen LogP contribution in [0, 0.1) is 0 Å². The molecule has 3 heteroatoms. The van der Waals surface area contributed by atoms with Crippen LogP contribution in [0.5, 0.6) is 0 Å². The minimum Gasteiger partial charge on any atom is -0.358 e. The Hall–Kier alpha value is -2.55. The molecule has 0 spiro atoms. The number of nitrogens with one attached hydrogen (secondary N) is 2. The fourth-order valence-corrected chi connectivity index (χ4v) is 3.77. The Balaban J connectivity index is 1.65. The first-order valence-electron chi connectivity index (χ1n) is 9.17. The number of para-hydroxylation sites is 1. The Morgan fingerprint density at radius 2 is 1.80 bits per heavy atom. The van der Waals surface area contributed by atoms with Crippen LogP contribution in [0.3, 0.4) is 0 Å². The van der Waals surface area contributed by atoms with E-state index in [-0.39, 0.29) is 5.91 Å². The molecule has 0 atom stereocenters. The van der Waals surface area contributed by atoms with Crippen LogP contribution in [-0.4, -0.2) is 10.9 Å². The average molecular weight is 332 g/mol. The quantitative estimate of drug-likeness (QED) is 0.660. The van der Waals surface area contributed by atoms with Crippen LogP contribution in [0.15, 0.2) is 42.5 Å². The van der Waals surface area contributed by atoms with Gasteiger partial charge in [0.25, 0.3) is 5.91 Å². The molecule has 0 radical (unpaired) electrons. The summed E-state index contributed by atoms with van der Waals surface area (Å²) in [5.74, 6) is 0.435. The van der Waals surface area contributed by atoms with Crippen molar-refractivity contribution in [3.05, 3.63) is 64.8 Å². The predicted octanol–water partition coefficient (Wildman–Crippen LogP) is 5.42. The topological polar surface area (TPSA) is 44.9 Å². The molecule has 3 nitrogen and oxygen atoms in total. The second-order valence-electron chi connectivity index (χ2n) is 7.25. The van der Waals surface area contributed by atoms with Gasteiger partial charge in [-0.1, -0.05) is 38.1 Å². The van der Waals surface area contributed by atoms with Crippen LogP contribution in [0.25, 0.3) is 10.9 Å². The van der Waals surface area contributed by atoms with Crippen molar-refractivity contribution in [3.8, 4) is 0 Å². The number of carbonyl (C=O) groups is 1. The molecule has 1 aliphatic carbocycles. The lowest BCUT2D eigenvalue weighted by Gasteiger charge is -2.10. The Labute approximate surface area is 148 Å². The highest BCUT2D eigenvalue weighted by molar-refractivity contribution is 6.12. The molecule has 3 aromatic rings. The van der Waals surface area contributed by atoms with Crippen molar-refractivity contribution in [3.63, 3.8) is 0 Å². The number of aromatic nitrogens is 1. The normalized spacial score (nSPS) is 13.9. The van der Waals surface area contributed by atoms with Crippen molar-refractivity contribution in [2.24, 2.45) is 0 Å². The summed E-state index contributed by atoms with van der Waals surface area (Å²) in [6.45, 7) is 4.34. The number of H-pyrrole nitrogens is 1. The molecule has 1 aliphatic rings. The van der Waals surface area contributed by atoms with Crippen molar-refractivity contribution < 1.29 is 4.79 Å². The zero-order chi connectivity index (χ0) is 17.4. The van der Waals surface area contributed by atoms with Crippen molar-refractivity contribution in [2.45, 2.75) is 45.4 Å². The molecule has 0 unspecified atom stereocenters. The van der Waals surface area contributed by atoms with Gasteiger partial charge in [-0.05, 0) is 60.9 Å². The van der Waals surface area contributed by atoms with E-state index in [2.05, 4.69) is 42.3 Å². The number of hydrogen-bond acceptors (Lipinski definition) is 1. The number of aromatic amines is 1. The SMILES string of the molecule is CC(C)c1ccc(NC(=O)c2cccc3c4c([nH]c23)CCCC4)cc1. The van der Waals surface area contributed by atoms with Crippen LogP contribution in [0.4, 0.5) is 5.69 Å². The van der Waals surface area contributed by atoms with Gasteiger partial charge in [-0.15, -0.1) is 0 Å². The molecule has 1 amide bonds. The lowest BCUT2D eigenvalue weighted by atomic mass is 9.95. The lowest BCUT2D eigenvalue weighted by molar-refractivity contribution is 0.102. The molecular weight excluding hydrogens is 308 g/mol. The smallest absolute Gasteiger partial charge is 0.257 e. The molecule has 2 aromatic carbocycles. The fraction of sp³-hybridized carbons (Fsp3) is 0.318. The molecule has 0 saturated carbocycles. The van der Waals surface area contributed by atoms with E-state index < -0.39 is 0 Å². The highest BCUT2D eigenvalue weighted by Crippen LogP contribution is 2.31. The van der Waals surface area contributed by atoms with Gasteiger partial charge in [-0.25, -0.2) is 0 Å².